The maximum absolute atomic E-state index is 5.63. The maximum atomic E-state index is 5.63. The van der Waals surface area contributed by atoms with E-state index in [9.17, 15) is 0 Å². The van der Waals surface area contributed by atoms with E-state index in [-0.39, 0.29) is 0 Å². The molecule has 1 aromatic rings. The number of hydrogen-bond donors (Lipinski definition) is 0. The summed E-state index contributed by atoms with van der Waals surface area (Å²) in [6.07, 6.45) is 5.41. The molecule has 5 heteroatoms. The van der Waals surface area contributed by atoms with Crippen molar-refractivity contribution in [2.75, 3.05) is 70.8 Å². The Morgan fingerprint density at radius 1 is 0.696 bits per heavy atom. The zero-order valence-corrected chi connectivity index (χ0v) is 13.5. The molecule has 0 atom stereocenters. The molecule has 0 radical (unpaired) electrons. The molecule has 0 aromatic heterocycles. The summed E-state index contributed by atoms with van der Waals surface area (Å²) in [5.41, 5.74) is 2.00. The van der Waals surface area contributed by atoms with Gasteiger partial charge in [-0.15, -0.1) is 6.42 Å². The van der Waals surface area contributed by atoms with Gasteiger partial charge in [0.15, 0.2) is 0 Å². The molecule has 0 amide bonds. The Balaban J connectivity index is 1.89. The third-order valence-corrected chi connectivity index (χ3v) is 3.53. The minimum absolute atomic E-state index is 0.594. The van der Waals surface area contributed by atoms with Gasteiger partial charge in [0.1, 0.15) is 0 Å². The van der Waals surface area contributed by atoms with Crippen LogP contribution in [0.4, 0.5) is 5.69 Å². The van der Waals surface area contributed by atoms with E-state index in [1.807, 2.05) is 24.3 Å². The Labute approximate surface area is 138 Å². The average Bonchev–Trinajstić information content (AvgIpc) is 2.60. The van der Waals surface area contributed by atoms with Gasteiger partial charge in [-0.1, -0.05) is 5.92 Å². The molecule has 0 aliphatic carbocycles. The monoisotopic (exact) mass is 319 g/mol. The molecule has 1 aliphatic heterocycles. The van der Waals surface area contributed by atoms with Crippen LogP contribution in [0.15, 0.2) is 24.3 Å². The molecule has 23 heavy (non-hydrogen) atoms. The van der Waals surface area contributed by atoms with Crippen LogP contribution in [0, 0.1) is 12.3 Å². The van der Waals surface area contributed by atoms with Gasteiger partial charge in [0.2, 0.25) is 0 Å². The van der Waals surface area contributed by atoms with Crippen molar-refractivity contribution < 1.29 is 18.9 Å². The third kappa shape index (κ3) is 7.02. The highest BCUT2D eigenvalue weighted by Gasteiger charge is 2.07. The summed E-state index contributed by atoms with van der Waals surface area (Å²) in [5.74, 6) is 2.64. The van der Waals surface area contributed by atoms with Gasteiger partial charge in [-0.05, 0) is 24.3 Å². The highest BCUT2D eigenvalue weighted by Crippen LogP contribution is 2.14. The predicted molar refractivity (Wildman–Crippen MR) is 89.9 cm³/mol. The van der Waals surface area contributed by atoms with E-state index in [0.29, 0.717) is 52.9 Å². The van der Waals surface area contributed by atoms with Crippen LogP contribution in [-0.4, -0.2) is 65.9 Å². The fourth-order valence-electron chi connectivity index (χ4n) is 2.25. The van der Waals surface area contributed by atoms with Gasteiger partial charge in [0.05, 0.1) is 52.9 Å². The molecule has 0 unspecified atom stereocenters. The van der Waals surface area contributed by atoms with E-state index in [2.05, 4.69) is 10.8 Å². The van der Waals surface area contributed by atoms with Gasteiger partial charge < -0.3 is 23.8 Å². The fraction of sp³-hybridized carbons (Fsp3) is 0.556. The lowest BCUT2D eigenvalue weighted by Gasteiger charge is -2.25. The van der Waals surface area contributed by atoms with Crippen LogP contribution in [0.1, 0.15) is 5.56 Å². The first-order valence-corrected chi connectivity index (χ1v) is 8.03. The fourth-order valence-corrected chi connectivity index (χ4v) is 2.25. The van der Waals surface area contributed by atoms with Crippen molar-refractivity contribution in [1.82, 2.24) is 0 Å². The standard InChI is InChI=1S/C18H25NO4/c1-2-17-3-5-18(6-4-17)19-7-9-20-11-13-22-15-16-23-14-12-21-10-8-19/h1,3-6H,7-16H2. The molecule has 1 saturated heterocycles. The topological polar surface area (TPSA) is 40.2 Å². The predicted octanol–water partition coefficient (Wildman–Crippen LogP) is 1.55. The Kier molecular flexibility index (Phi) is 8.52. The number of anilines is 1. The van der Waals surface area contributed by atoms with E-state index >= 15 is 0 Å². The molecule has 1 heterocycles. The number of nitrogens with zero attached hydrogens (tertiary/aromatic N) is 1. The van der Waals surface area contributed by atoms with Crippen molar-refractivity contribution in [1.29, 1.82) is 0 Å². The Morgan fingerprint density at radius 2 is 1.13 bits per heavy atom. The Hall–Kier alpha value is -1.58. The SMILES string of the molecule is C#Cc1ccc(N2CCOCCOCCOCCOCC2)cc1. The van der Waals surface area contributed by atoms with Gasteiger partial charge in [-0.3, -0.25) is 0 Å². The zero-order valence-electron chi connectivity index (χ0n) is 13.5. The van der Waals surface area contributed by atoms with Crippen molar-refractivity contribution in [3.63, 3.8) is 0 Å². The third-order valence-electron chi connectivity index (χ3n) is 3.53. The lowest BCUT2D eigenvalue weighted by molar-refractivity contribution is 0.00206. The normalized spacial score (nSPS) is 19.3. The molecule has 5 nitrogen and oxygen atoms in total. The second kappa shape index (κ2) is 11.0. The van der Waals surface area contributed by atoms with Crippen molar-refractivity contribution in [2.45, 2.75) is 0 Å². The van der Waals surface area contributed by atoms with E-state index in [1.54, 1.807) is 0 Å². The van der Waals surface area contributed by atoms with Crippen molar-refractivity contribution >= 4 is 5.69 Å². The first-order chi connectivity index (χ1) is 11.4. The van der Waals surface area contributed by atoms with E-state index in [1.165, 1.54) is 0 Å². The first-order valence-electron chi connectivity index (χ1n) is 8.03. The quantitative estimate of drug-likeness (QED) is 0.735. The molecule has 0 saturated carbocycles. The Bertz CT molecular complexity index is 453. The molecular formula is C18H25NO4. The van der Waals surface area contributed by atoms with Crippen molar-refractivity contribution in [2.24, 2.45) is 0 Å². The van der Waals surface area contributed by atoms with E-state index < -0.39 is 0 Å². The molecule has 0 N–H and O–H groups in total. The maximum Gasteiger partial charge on any atom is 0.0701 e. The first kappa shape index (κ1) is 17.8. The second-order valence-electron chi connectivity index (χ2n) is 5.13. The summed E-state index contributed by atoms with van der Waals surface area (Å²) < 4.78 is 22.1. The van der Waals surface area contributed by atoms with Crippen LogP contribution in [0.25, 0.3) is 0 Å². The van der Waals surface area contributed by atoms with Crippen LogP contribution >= 0.6 is 0 Å². The van der Waals surface area contributed by atoms with Crippen molar-refractivity contribution in [3.8, 4) is 12.3 Å². The van der Waals surface area contributed by atoms with E-state index in [0.717, 1.165) is 24.3 Å². The summed E-state index contributed by atoms with van der Waals surface area (Å²) in [6.45, 7) is 6.47. The lowest BCUT2D eigenvalue weighted by Crippen LogP contribution is -2.31. The molecule has 0 bridgehead atoms. The molecule has 126 valence electrons. The number of terminal acetylenes is 1. The summed E-state index contributed by atoms with van der Waals surface area (Å²) in [5, 5.41) is 0. The lowest BCUT2D eigenvalue weighted by atomic mass is 10.2. The number of rotatable bonds is 1. The minimum Gasteiger partial charge on any atom is -0.377 e. The molecule has 2 rings (SSSR count). The number of ether oxygens (including phenoxy) is 4. The minimum atomic E-state index is 0.594. The molecular weight excluding hydrogens is 294 g/mol. The number of benzene rings is 1. The smallest absolute Gasteiger partial charge is 0.0701 e. The van der Waals surface area contributed by atoms with Gasteiger partial charge in [0.25, 0.3) is 0 Å². The van der Waals surface area contributed by atoms with E-state index in [4.69, 9.17) is 25.4 Å². The van der Waals surface area contributed by atoms with Crippen LogP contribution in [0.5, 0.6) is 0 Å². The van der Waals surface area contributed by atoms with Crippen LogP contribution in [-0.2, 0) is 18.9 Å². The van der Waals surface area contributed by atoms with Crippen molar-refractivity contribution in [3.05, 3.63) is 29.8 Å². The van der Waals surface area contributed by atoms with Gasteiger partial charge >= 0.3 is 0 Å². The summed E-state index contributed by atoms with van der Waals surface area (Å²) >= 11 is 0. The highest BCUT2D eigenvalue weighted by atomic mass is 16.6. The average molecular weight is 319 g/mol. The molecule has 1 aliphatic rings. The van der Waals surface area contributed by atoms with Gasteiger partial charge in [-0.25, -0.2) is 0 Å². The van der Waals surface area contributed by atoms with Crippen LogP contribution in [0.2, 0.25) is 0 Å². The number of hydrogen-bond acceptors (Lipinski definition) is 5. The zero-order chi connectivity index (χ0) is 16.2. The summed E-state index contributed by atoms with van der Waals surface area (Å²) in [4.78, 5) is 2.24. The summed E-state index contributed by atoms with van der Waals surface area (Å²) in [7, 11) is 0. The molecule has 0 spiro atoms. The largest absolute Gasteiger partial charge is 0.377 e. The van der Waals surface area contributed by atoms with Crippen LogP contribution < -0.4 is 4.90 Å². The Morgan fingerprint density at radius 3 is 1.57 bits per heavy atom. The summed E-state index contributed by atoms with van der Waals surface area (Å²) in [6, 6.07) is 7.98. The highest BCUT2D eigenvalue weighted by molar-refractivity contribution is 5.50. The molecule has 1 fully saturated rings. The molecule has 1 aromatic carbocycles. The van der Waals surface area contributed by atoms with Gasteiger partial charge in [0, 0.05) is 24.3 Å². The van der Waals surface area contributed by atoms with Crippen LogP contribution in [0.3, 0.4) is 0 Å². The van der Waals surface area contributed by atoms with Gasteiger partial charge in [-0.2, -0.15) is 0 Å². The second-order valence-corrected chi connectivity index (χ2v) is 5.13.